The van der Waals surface area contributed by atoms with Crippen LogP contribution in [0.2, 0.25) is 0 Å². The Bertz CT molecular complexity index is 980. The van der Waals surface area contributed by atoms with E-state index in [-0.39, 0.29) is 5.41 Å². The van der Waals surface area contributed by atoms with Crippen molar-refractivity contribution >= 4 is 0 Å². The van der Waals surface area contributed by atoms with Gasteiger partial charge >= 0.3 is 0 Å². The normalized spacial score (nSPS) is 11.4. The van der Waals surface area contributed by atoms with Crippen LogP contribution in [-0.4, -0.2) is 10.2 Å². The lowest BCUT2D eigenvalue weighted by Gasteiger charge is -2.35. The van der Waals surface area contributed by atoms with Gasteiger partial charge in [-0.2, -0.15) is 0 Å². The maximum Gasteiger partial charge on any atom is 0.122 e. The summed E-state index contributed by atoms with van der Waals surface area (Å²) in [6.45, 7) is 28.8. The van der Waals surface area contributed by atoms with Crippen molar-refractivity contribution in [2.24, 2.45) is 0 Å². The van der Waals surface area contributed by atoms with Gasteiger partial charge in [-0.1, -0.05) is 86.7 Å². The predicted octanol–water partition coefficient (Wildman–Crippen LogP) is 8.68. The van der Waals surface area contributed by atoms with Crippen molar-refractivity contribution in [3.05, 3.63) is 106 Å². The number of hydrogen-bond donors (Lipinski definition) is 2. The summed E-state index contributed by atoms with van der Waals surface area (Å²) in [5.74, 6) is 0.690. The molecule has 0 aliphatic carbocycles. The molecular formula is C33H44O2. The first kappa shape index (κ1) is 28.2. The third kappa shape index (κ3) is 6.57. The number of benzene rings is 2. The highest BCUT2D eigenvalue weighted by molar-refractivity contribution is 5.55. The Kier molecular flexibility index (Phi) is 9.38. The highest BCUT2D eigenvalue weighted by Gasteiger charge is 2.33. The van der Waals surface area contributed by atoms with E-state index in [1.807, 2.05) is 27.7 Å². The molecule has 0 fully saturated rings. The zero-order valence-electron chi connectivity index (χ0n) is 22.8. The number of hydrogen-bond acceptors (Lipinski definition) is 2. The molecule has 0 aliphatic rings. The molecule has 188 valence electrons. The van der Waals surface area contributed by atoms with E-state index in [4.69, 9.17) is 0 Å². The van der Waals surface area contributed by atoms with E-state index in [1.165, 1.54) is 11.1 Å². The second kappa shape index (κ2) is 11.6. The van der Waals surface area contributed by atoms with Crippen LogP contribution in [0.5, 0.6) is 11.5 Å². The van der Waals surface area contributed by atoms with E-state index in [0.29, 0.717) is 37.2 Å². The monoisotopic (exact) mass is 472 g/mol. The highest BCUT2D eigenvalue weighted by Crippen LogP contribution is 2.44. The van der Waals surface area contributed by atoms with Crippen LogP contribution >= 0.6 is 0 Å². The minimum absolute atomic E-state index is 0.275. The maximum atomic E-state index is 11.1. The van der Waals surface area contributed by atoms with Crippen molar-refractivity contribution in [2.45, 2.75) is 85.5 Å². The molecule has 0 saturated heterocycles. The highest BCUT2D eigenvalue weighted by atomic mass is 16.3. The molecule has 0 unspecified atom stereocenters. The Morgan fingerprint density at radius 1 is 0.571 bits per heavy atom. The Morgan fingerprint density at radius 2 is 0.800 bits per heavy atom. The summed E-state index contributed by atoms with van der Waals surface area (Å²) in [5, 5.41) is 22.2. The number of phenols is 2. The van der Waals surface area contributed by atoms with Crippen molar-refractivity contribution in [1.82, 2.24) is 0 Å². The fourth-order valence-corrected chi connectivity index (χ4v) is 5.15. The summed E-state index contributed by atoms with van der Waals surface area (Å²) >= 11 is 0. The topological polar surface area (TPSA) is 40.5 Å². The summed E-state index contributed by atoms with van der Waals surface area (Å²) in [4.78, 5) is 0. The fourth-order valence-electron chi connectivity index (χ4n) is 5.15. The Balaban J connectivity index is 2.89. The number of phenolic OH excluding ortho intramolecular Hbond substituents is 2. The summed E-state index contributed by atoms with van der Waals surface area (Å²) in [7, 11) is 0. The van der Waals surface area contributed by atoms with Crippen LogP contribution in [0.15, 0.2) is 72.9 Å². The smallest absolute Gasteiger partial charge is 0.122 e. The van der Waals surface area contributed by atoms with E-state index in [0.717, 1.165) is 57.4 Å². The van der Waals surface area contributed by atoms with E-state index >= 15 is 0 Å². The van der Waals surface area contributed by atoms with Gasteiger partial charge in [0.2, 0.25) is 0 Å². The number of allylic oxidation sites excluding steroid dienone is 4. The molecule has 2 aromatic carbocycles. The van der Waals surface area contributed by atoms with Gasteiger partial charge in [0.15, 0.2) is 0 Å². The van der Waals surface area contributed by atoms with Gasteiger partial charge < -0.3 is 10.2 Å². The zero-order valence-corrected chi connectivity index (χ0v) is 22.8. The summed E-state index contributed by atoms with van der Waals surface area (Å²) in [6.07, 6.45) is 4.29. The van der Waals surface area contributed by atoms with Gasteiger partial charge in [-0.3, -0.25) is 0 Å². The summed E-state index contributed by atoms with van der Waals surface area (Å²) in [5.41, 5.74) is 9.74. The quantitative estimate of drug-likeness (QED) is 0.303. The van der Waals surface area contributed by atoms with Gasteiger partial charge in [-0.25, -0.2) is 0 Å². The zero-order chi connectivity index (χ0) is 26.5. The third-order valence-corrected chi connectivity index (χ3v) is 6.82. The summed E-state index contributed by atoms with van der Waals surface area (Å²) < 4.78 is 0. The van der Waals surface area contributed by atoms with Gasteiger partial charge in [0, 0.05) is 5.41 Å². The second-order valence-electron chi connectivity index (χ2n) is 10.6. The lowest BCUT2D eigenvalue weighted by Crippen LogP contribution is -2.27. The largest absolute Gasteiger partial charge is 0.507 e. The molecular weight excluding hydrogens is 428 g/mol. The van der Waals surface area contributed by atoms with E-state index in [9.17, 15) is 10.2 Å². The van der Waals surface area contributed by atoms with Gasteiger partial charge in [-0.15, -0.1) is 0 Å². The van der Waals surface area contributed by atoms with Crippen molar-refractivity contribution in [1.29, 1.82) is 0 Å². The first-order valence-electron chi connectivity index (χ1n) is 12.6. The standard InChI is InChI=1S/C33H44O2/c1-11-33(12-2,29-17-25(13-21(3)4)31(34)26(18-29)14-22(5)6)30-19-27(15-23(7)8)32(35)28(20-30)16-24(9)10/h17-20,34-35H,3,5,7,9,11-16H2,1-2,4,6,8,10H3. The van der Waals surface area contributed by atoms with Gasteiger partial charge in [0.1, 0.15) is 11.5 Å². The Morgan fingerprint density at radius 3 is 0.971 bits per heavy atom. The molecule has 0 aromatic heterocycles. The molecule has 0 spiro atoms. The molecule has 2 heteroatoms. The van der Waals surface area contributed by atoms with Crippen LogP contribution in [0.1, 0.15) is 87.8 Å². The van der Waals surface area contributed by atoms with E-state index < -0.39 is 0 Å². The van der Waals surface area contributed by atoms with E-state index in [2.05, 4.69) is 64.4 Å². The molecule has 2 nitrogen and oxygen atoms in total. The van der Waals surface area contributed by atoms with Crippen molar-refractivity contribution in [2.75, 3.05) is 0 Å². The van der Waals surface area contributed by atoms with Crippen LogP contribution in [0.25, 0.3) is 0 Å². The maximum absolute atomic E-state index is 11.1. The number of rotatable bonds is 12. The molecule has 35 heavy (non-hydrogen) atoms. The minimum Gasteiger partial charge on any atom is -0.507 e. The molecule has 2 rings (SSSR count). The lowest BCUT2D eigenvalue weighted by atomic mass is 9.68. The molecule has 0 heterocycles. The van der Waals surface area contributed by atoms with Crippen molar-refractivity contribution in [3.63, 3.8) is 0 Å². The fraction of sp³-hybridized carbons (Fsp3) is 0.394. The molecule has 0 saturated carbocycles. The van der Waals surface area contributed by atoms with Crippen molar-refractivity contribution in [3.8, 4) is 11.5 Å². The van der Waals surface area contributed by atoms with Crippen LogP contribution < -0.4 is 0 Å². The van der Waals surface area contributed by atoms with E-state index in [1.54, 1.807) is 0 Å². The second-order valence-corrected chi connectivity index (χ2v) is 10.6. The SMILES string of the molecule is C=C(C)Cc1cc(C(CC)(CC)c2cc(CC(=C)C)c(O)c(CC(=C)C)c2)cc(CC(=C)C)c1O. The molecule has 0 radical (unpaired) electrons. The molecule has 0 amide bonds. The summed E-state index contributed by atoms with van der Waals surface area (Å²) in [6, 6.07) is 8.62. The molecule has 2 aromatic rings. The Hall–Kier alpha value is -3.00. The van der Waals surface area contributed by atoms with Crippen LogP contribution in [0, 0.1) is 0 Å². The average Bonchev–Trinajstić information content (AvgIpc) is 2.74. The van der Waals surface area contributed by atoms with Crippen LogP contribution in [0.3, 0.4) is 0 Å². The van der Waals surface area contributed by atoms with Crippen LogP contribution in [0.4, 0.5) is 0 Å². The van der Waals surface area contributed by atoms with Gasteiger partial charge in [0.25, 0.3) is 0 Å². The minimum atomic E-state index is -0.275. The third-order valence-electron chi connectivity index (χ3n) is 6.82. The first-order valence-corrected chi connectivity index (χ1v) is 12.6. The lowest BCUT2D eigenvalue weighted by molar-refractivity contribution is 0.449. The molecule has 2 N–H and O–H groups in total. The molecule has 0 bridgehead atoms. The molecule has 0 atom stereocenters. The van der Waals surface area contributed by atoms with Gasteiger partial charge in [0.05, 0.1) is 0 Å². The Labute approximate surface area is 213 Å². The predicted molar refractivity (Wildman–Crippen MR) is 152 cm³/mol. The first-order chi connectivity index (χ1) is 16.3. The van der Waals surface area contributed by atoms with Crippen molar-refractivity contribution < 1.29 is 10.2 Å². The van der Waals surface area contributed by atoms with Crippen LogP contribution in [-0.2, 0) is 31.1 Å². The molecule has 0 aliphatic heterocycles. The van der Waals surface area contributed by atoms with Gasteiger partial charge in [-0.05, 0) is 99.6 Å². The number of aromatic hydroxyl groups is 2. The average molecular weight is 473 g/mol.